The number of nitrogens with zero attached hydrogens (tertiary/aromatic N) is 4. The molecule has 1 aromatic heterocycles. The summed E-state index contributed by atoms with van der Waals surface area (Å²) >= 11 is 0. The average molecular weight is 278 g/mol. The van der Waals surface area contributed by atoms with Gasteiger partial charge >= 0.3 is 0 Å². The molecule has 0 aliphatic heterocycles. The molecule has 0 fully saturated rings. The van der Waals surface area contributed by atoms with E-state index in [4.69, 9.17) is 10.5 Å². The molecule has 5 nitrogen and oxygen atoms in total. The van der Waals surface area contributed by atoms with E-state index in [-0.39, 0.29) is 17.2 Å². The number of aromatic nitrogens is 2. The topological polar surface area (TPSA) is 82.5 Å². The molecule has 1 unspecified atom stereocenters. The van der Waals surface area contributed by atoms with Crippen molar-refractivity contribution in [3.05, 3.63) is 53.1 Å². The fourth-order valence-corrected chi connectivity index (χ4v) is 2.12. The molecule has 2 rings (SSSR count). The highest BCUT2D eigenvalue weighted by Gasteiger charge is 2.21. The van der Waals surface area contributed by atoms with E-state index < -0.39 is 6.04 Å². The van der Waals surface area contributed by atoms with Gasteiger partial charge in [-0.1, -0.05) is 31.2 Å². The Labute approximate surface area is 123 Å². The first-order valence-corrected chi connectivity index (χ1v) is 6.62. The zero-order chi connectivity index (χ0) is 15.4. The van der Waals surface area contributed by atoms with Gasteiger partial charge in [-0.2, -0.15) is 10.5 Å². The summed E-state index contributed by atoms with van der Waals surface area (Å²) in [6.07, 6.45) is 2.27. The van der Waals surface area contributed by atoms with Crippen molar-refractivity contribution in [3.8, 4) is 12.1 Å². The van der Waals surface area contributed by atoms with E-state index in [1.165, 1.54) is 10.9 Å². The number of rotatable bonds is 4. The van der Waals surface area contributed by atoms with E-state index >= 15 is 0 Å². The van der Waals surface area contributed by atoms with E-state index in [1.807, 2.05) is 31.2 Å². The second kappa shape index (κ2) is 6.02. The standard InChI is InChI=1S/C16H14N4O/c1-3-12-4-6-13(7-5-12)16(21)11(2)20-10-19-14(8-17)15(20)9-18/h4-7,10-11H,3H2,1-2H3. The first-order chi connectivity index (χ1) is 10.1. The Balaban J connectivity index is 2.33. The van der Waals surface area contributed by atoms with Crippen molar-refractivity contribution in [1.29, 1.82) is 10.5 Å². The Bertz CT molecular complexity index is 744. The summed E-state index contributed by atoms with van der Waals surface area (Å²) < 4.78 is 1.44. The third-order valence-corrected chi connectivity index (χ3v) is 3.45. The van der Waals surface area contributed by atoms with Crippen LogP contribution in [-0.4, -0.2) is 15.3 Å². The Kier molecular flexibility index (Phi) is 4.15. The molecule has 0 spiro atoms. The number of imidazole rings is 1. The third-order valence-electron chi connectivity index (χ3n) is 3.45. The number of benzene rings is 1. The molecule has 0 aliphatic rings. The minimum atomic E-state index is -0.582. The van der Waals surface area contributed by atoms with E-state index in [1.54, 1.807) is 19.1 Å². The van der Waals surface area contributed by atoms with Gasteiger partial charge in [0, 0.05) is 5.56 Å². The number of hydrogen-bond acceptors (Lipinski definition) is 4. The van der Waals surface area contributed by atoms with Crippen LogP contribution in [0.2, 0.25) is 0 Å². The van der Waals surface area contributed by atoms with E-state index in [0.29, 0.717) is 5.56 Å². The molecule has 0 bridgehead atoms. The predicted molar refractivity (Wildman–Crippen MR) is 76.5 cm³/mol. The smallest absolute Gasteiger partial charge is 0.185 e. The summed E-state index contributed by atoms with van der Waals surface area (Å²) in [5, 5.41) is 18.0. The Morgan fingerprint density at radius 3 is 2.48 bits per heavy atom. The van der Waals surface area contributed by atoms with Crippen molar-refractivity contribution >= 4 is 5.78 Å². The fraction of sp³-hybridized carbons (Fsp3) is 0.250. The maximum Gasteiger partial charge on any atom is 0.185 e. The van der Waals surface area contributed by atoms with Crippen LogP contribution in [-0.2, 0) is 6.42 Å². The molecule has 21 heavy (non-hydrogen) atoms. The van der Waals surface area contributed by atoms with Gasteiger partial charge < -0.3 is 4.57 Å². The normalized spacial score (nSPS) is 11.4. The van der Waals surface area contributed by atoms with Crippen LogP contribution in [0.3, 0.4) is 0 Å². The van der Waals surface area contributed by atoms with E-state index in [2.05, 4.69) is 4.98 Å². The lowest BCUT2D eigenvalue weighted by Crippen LogP contribution is -2.17. The number of ketones is 1. The molecule has 1 heterocycles. The van der Waals surface area contributed by atoms with Crippen LogP contribution in [0, 0.1) is 22.7 Å². The number of carbonyl (C=O) groups excluding carboxylic acids is 1. The van der Waals surface area contributed by atoms with Crippen LogP contribution < -0.4 is 0 Å². The van der Waals surface area contributed by atoms with Crippen LogP contribution in [0.5, 0.6) is 0 Å². The molecular formula is C16H14N4O. The quantitative estimate of drug-likeness (QED) is 0.805. The molecule has 0 radical (unpaired) electrons. The molecule has 5 heteroatoms. The molecule has 0 saturated carbocycles. The molecule has 1 atom stereocenters. The van der Waals surface area contributed by atoms with Gasteiger partial charge in [-0.05, 0) is 18.9 Å². The lowest BCUT2D eigenvalue weighted by Gasteiger charge is -2.13. The number of nitriles is 2. The third kappa shape index (κ3) is 2.68. The highest BCUT2D eigenvalue weighted by Crippen LogP contribution is 2.18. The van der Waals surface area contributed by atoms with Crippen molar-refractivity contribution in [2.24, 2.45) is 0 Å². The lowest BCUT2D eigenvalue weighted by molar-refractivity contribution is 0.0934. The van der Waals surface area contributed by atoms with Gasteiger partial charge in [0.25, 0.3) is 0 Å². The number of Topliss-reactive ketones (excluding diaryl/α,β-unsaturated/α-hetero) is 1. The average Bonchev–Trinajstić information content (AvgIpc) is 2.96. The first-order valence-electron chi connectivity index (χ1n) is 6.62. The number of carbonyl (C=O) groups is 1. The summed E-state index contributed by atoms with van der Waals surface area (Å²) in [4.78, 5) is 16.3. The number of aryl methyl sites for hydroxylation is 1. The van der Waals surface area contributed by atoms with Crippen molar-refractivity contribution in [1.82, 2.24) is 9.55 Å². The van der Waals surface area contributed by atoms with Gasteiger partial charge in [0.2, 0.25) is 0 Å². The molecule has 2 aromatic rings. The Morgan fingerprint density at radius 1 is 1.29 bits per heavy atom. The molecule has 1 aromatic carbocycles. The zero-order valence-electron chi connectivity index (χ0n) is 11.9. The SMILES string of the molecule is CCc1ccc(C(=O)C(C)n2cnc(C#N)c2C#N)cc1. The summed E-state index contributed by atoms with van der Waals surface area (Å²) in [5.41, 5.74) is 1.89. The van der Waals surface area contributed by atoms with Gasteiger partial charge in [-0.3, -0.25) is 4.79 Å². The maximum atomic E-state index is 12.5. The molecule has 0 aliphatic carbocycles. The van der Waals surface area contributed by atoms with Crippen LogP contribution in [0.15, 0.2) is 30.6 Å². The van der Waals surface area contributed by atoms with Crippen molar-refractivity contribution in [2.75, 3.05) is 0 Å². The summed E-state index contributed by atoms with van der Waals surface area (Å²) in [5.74, 6) is -0.115. The predicted octanol–water partition coefficient (Wildman–Crippen LogP) is 2.63. The second-order valence-corrected chi connectivity index (χ2v) is 4.66. The molecule has 0 N–H and O–H groups in total. The Hall–Kier alpha value is -2.92. The van der Waals surface area contributed by atoms with Crippen molar-refractivity contribution in [3.63, 3.8) is 0 Å². The molecular weight excluding hydrogens is 264 g/mol. The van der Waals surface area contributed by atoms with Crippen LogP contribution >= 0.6 is 0 Å². The first kappa shape index (κ1) is 14.5. The molecule has 104 valence electrons. The number of hydrogen-bond donors (Lipinski definition) is 0. The van der Waals surface area contributed by atoms with Gasteiger partial charge in [0.15, 0.2) is 17.2 Å². The van der Waals surface area contributed by atoms with Crippen LogP contribution in [0.4, 0.5) is 0 Å². The van der Waals surface area contributed by atoms with Gasteiger partial charge in [0.05, 0.1) is 12.4 Å². The largest absolute Gasteiger partial charge is 0.310 e. The zero-order valence-corrected chi connectivity index (χ0v) is 11.9. The summed E-state index contributed by atoms with van der Waals surface area (Å²) in [6, 6.07) is 10.6. The second-order valence-electron chi connectivity index (χ2n) is 4.66. The van der Waals surface area contributed by atoms with Crippen LogP contribution in [0.1, 0.15) is 47.2 Å². The Morgan fingerprint density at radius 2 is 1.95 bits per heavy atom. The highest BCUT2D eigenvalue weighted by atomic mass is 16.1. The van der Waals surface area contributed by atoms with Gasteiger partial charge in [-0.15, -0.1) is 0 Å². The summed E-state index contributed by atoms with van der Waals surface area (Å²) in [6.45, 7) is 3.74. The van der Waals surface area contributed by atoms with Gasteiger partial charge in [-0.25, -0.2) is 4.98 Å². The van der Waals surface area contributed by atoms with Crippen LogP contribution in [0.25, 0.3) is 0 Å². The molecule has 0 amide bonds. The maximum absolute atomic E-state index is 12.5. The lowest BCUT2D eigenvalue weighted by atomic mass is 10.0. The van der Waals surface area contributed by atoms with E-state index in [0.717, 1.165) is 12.0 Å². The highest BCUT2D eigenvalue weighted by molar-refractivity contribution is 5.98. The minimum absolute atomic E-state index is 0.0403. The van der Waals surface area contributed by atoms with Crippen molar-refractivity contribution in [2.45, 2.75) is 26.3 Å². The minimum Gasteiger partial charge on any atom is -0.310 e. The van der Waals surface area contributed by atoms with Gasteiger partial charge in [0.1, 0.15) is 12.1 Å². The molecule has 0 saturated heterocycles. The summed E-state index contributed by atoms with van der Waals surface area (Å²) in [7, 11) is 0. The van der Waals surface area contributed by atoms with E-state index in [9.17, 15) is 4.79 Å². The van der Waals surface area contributed by atoms with Crippen molar-refractivity contribution < 1.29 is 4.79 Å². The monoisotopic (exact) mass is 278 g/mol. The fourth-order valence-electron chi connectivity index (χ4n) is 2.12.